The Bertz CT molecular complexity index is 1360. The van der Waals surface area contributed by atoms with Crippen molar-refractivity contribution in [1.29, 1.82) is 0 Å². The lowest BCUT2D eigenvalue weighted by molar-refractivity contribution is -0.274. The third-order valence-corrected chi connectivity index (χ3v) is 5.87. The fraction of sp³-hybridized carbons (Fsp3) is 0.200. The zero-order chi connectivity index (χ0) is 27.9. The SMILES string of the molecule is CN1C(=O)C(c2ccccc2)(c2cccc(-c3cccc(OC(F)(F)F)c3)c2)NC1(N)OC(=O)C(F)(F)F. The van der Waals surface area contributed by atoms with Gasteiger partial charge in [0.25, 0.3) is 5.91 Å². The van der Waals surface area contributed by atoms with E-state index in [4.69, 9.17) is 5.73 Å². The number of carbonyl (C=O) groups is 2. The summed E-state index contributed by atoms with van der Waals surface area (Å²) in [6.45, 7) is 0. The summed E-state index contributed by atoms with van der Waals surface area (Å²) in [4.78, 5) is 26.0. The van der Waals surface area contributed by atoms with Gasteiger partial charge in [-0.25, -0.2) is 10.1 Å². The summed E-state index contributed by atoms with van der Waals surface area (Å²) in [6.07, 6.45) is -10.3. The molecule has 0 aromatic heterocycles. The number of ether oxygens (including phenoxy) is 2. The Balaban J connectivity index is 1.83. The highest BCUT2D eigenvalue weighted by Crippen LogP contribution is 2.41. The molecule has 13 heteroatoms. The van der Waals surface area contributed by atoms with Crippen molar-refractivity contribution in [2.24, 2.45) is 5.73 Å². The number of rotatable bonds is 5. The maximum atomic E-state index is 13.7. The largest absolute Gasteiger partial charge is 0.573 e. The van der Waals surface area contributed by atoms with E-state index in [1.807, 2.05) is 0 Å². The summed E-state index contributed by atoms with van der Waals surface area (Å²) in [7, 11) is 1.06. The molecule has 1 heterocycles. The third-order valence-electron chi connectivity index (χ3n) is 5.87. The maximum Gasteiger partial charge on any atom is 0.573 e. The molecule has 1 amide bonds. The first-order valence-corrected chi connectivity index (χ1v) is 10.8. The van der Waals surface area contributed by atoms with E-state index in [2.05, 4.69) is 14.8 Å². The van der Waals surface area contributed by atoms with Crippen LogP contribution in [0.2, 0.25) is 0 Å². The van der Waals surface area contributed by atoms with Crippen LogP contribution in [0.3, 0.4) is 0 Å². The third kappa shape index (κ3) is 5.02. The van der Waals surface area contributed by atoms with Crippen LogP contribution in [-0.4, -0.2) is 42.3 Å². The van der Waals surface area contributed by atoms with E-state index in [1.165, 1.54) is 42.5 Å². The fourth-order valence-electron chi connectivity index (χ4n) is 4.15. The highest BCUT2D eigenvalue weighted by molar-refractivity contribution is 5.95. The van der Waals surface area contributed by atoms with Crippen LogP contribution in [0, 0.1) is 0 Å². The van der Waals surface area contributed by atoms with Gasteiger partial charge in [-0.1, -0.05) is 60.7 Å². The Morgan fingerprint density at radius 1 is 0.868 bits per heavy atom. The van der Waals surface area contributed by atoms with Gasteiger partial charge in [0.2, 0.25) is 0 Å². The maximum absolute atomic E-state index is 13.7. The first kappa shape index (κ1) is 26.9. The predicted octanol–water partition coefficient (Wildman–Crippen LogP) is 4.23. The number of nitrogens with two attached hydrogens (primary N) is 1. The molecule has 1 aliphatic heterocycles. The normalized spacial score (nSPS) is 21.9. The Morgan fingerprint density at radius 3 is 2.05 bits per heavy atom. The average molecular weight is 539 g/mol. The lowest BCUT2D eigenvalue weighted by Gasteiger charge is -2.32. The molecule has 3 aromatic rings. The van der Waals surface area contributed by atoms with Crippen molar-refractivity contribution in [3.05, 3.63) is 90.0 Å². The van der Waals surface area contributed by atoms with E-state index in [9.17, 15) is 35.9 Å². The molecule has 2 unspecified atom stereocenters. The van der Waals surface area contributed by atoms with Gasteiger partial charge in [-0.05, 0) is 40.5 Å². The second-order valence-electron chi connectivity index (χ2n) is 8.35. The summed E-state index contributed by atoms with van der Waals surface area (Å²) < 4.78 is 85.5. The second kappa shape index (κ2) is 9.33. The van der Waals surface area contributed by atoms with Gasteiger partial charge in [-0.3, -0.25) is 15.4 Å². The lowest BCUT2D eigenvalue weighted by atomic mass is 9.81. The molecule has 0 aliphatic carbocycles. The van der Waals surface area contributed by atoms with E-state index >= 15 is 0 Å². The molecule has 0 bridgehead atoms. The smallest absolute Gasteiger partial charge is 0.406 e. The fourth-order valence-corrected chi connectivity index (χ4v) is 4.15. The molecule has 7 nitrogen and oxygen atoms in total. The summed E-state index contributed by atoms with van der Waals surface area (Å²) in [5, 5.41) is 2.57. The summed E-state index contributed by atoms with van der Waals surface area (Å²) >= 11 is 0. The Hall–Kier alpha value is -4.10. The Morgan fingerprint density at radius 2 is 1.45 bits per heavy atom. The molecule has 2 atom stereocenters. The van der Waals surface area contributed by atoms with Gasteiger partial charge in [0, 0.05) is 7.05 Å². The van der Waals surface area contributed by atoms with Gasteiger partial charge in [-0.2, -0.15) is 13.2 Å². The van der Waals surface area contributed by atoms with E-state index in [0.29, 0.717) is 10.5 Å². The minimum atomic E-state index is -5.39. The van der Waals surface area contributed by atoms with Crippen LogP contribution in [0.1, 0.15) is 11.1 Å². The zero-order valence-corrected chi connectivity index (χ0v) is 19.4. The van der Waals surface area contributed by atoms with E-state index in [0.717, 1.165) is 19.2 Å². The van der Waals surface area contributed by atoms with Gasteiger partial charge in [0.15, 0.2) is 5.54 Å². The van der Waals surface area contributed by atoms with E-state index < -0.39 is 41.7 Å². The van der Waals surface area contributed by atoms with Crippen molar-refractivity contribution in [2.45, 2.75) is 24.1 Å². The quantitative estimate of drug-likeness (QED) is 0.287. The summed E-state index contributed by atoms with van der Waals surface area (Å²) in [5.41, 5.74) is 5.11. The number of alkyl halides is 6. The zero-order valence-electron chi connectivity index (χ0n) is 19.4. The van der Waals surface area contributed by atoms with Gasteiger partial charge in [0.1, 0.15) is 5.75 Å². The predicted molar refractivity (Wildman–Crippen MR) is 121 cm³/mol. The molecule has 1 fully saturated rings. The highest BCUT2D eigenvalue weighted by atomic mass is 19.4. The minimum Gasteiger partial charge on any atom is -0.406 e. The molecule has 3 N–H and O–H groups in total. The molecule has 1 saturated heterocycles. The molecule has 1 aliphatic rings. The van der Waals surface area contributed by atoms with Gasteiger partial charge < -0.3 is 9.47 Å². The van der Waals surface area contributed by atoms with Gasteiger partial charge in [-0.15, -0.1) is 13.2 Å². The van der Waals surface area contributed by atoms with Gasteiger partial charge in [0.05, 0.1) is 0 Å². The van der Waals surface area contributed by atoms with Crippen LogP contribution in [0.15, 0.2) is 78.9 Å². The van der Waals surface area contributed by atoms with E-state index in [-0.39, 0.29) is 16.7 Å². The van der Waals surface area contributed by atoms with E-state index in [1.54, 1.807) is 24.3 Å². The molecule has 38 heavy (non-hydrogen) atoms. The van der Waals surface area contributed by atoms with Crippen molar-refractivity contribution < 1.29 is 45.4 Å². The van der Waals surface area contributed by atoms with Crippen molar-refractivity contribution in [2.75, 3.05) is 7.05 Å². The van der Waals surface area contributed by atoms with Crippen LogP contribution in [-0.2, 0) is 19.9 Å². The number of nitrogens with zero attached hydrogens (tertiary/aromatic N) is 1. The molecule has 200 valence electrons. The Kier molecular flexibility index (Phi) is 6.62. The number of esters is 1. The first-order chi connectivity index (χ1) is 17.7. The first-order valence-electron chi connectivity index (χ1n) is 10.8. The number of hydrogen-bond donors (Lipinski definition) is 2. The number of benzene rings is 3. The second-order valence-corrected chi connectivity index (χ2v) is 8.35. The topological polar surface area (TPSA) is 93.9 Å². The monoisotopic (exact) mass is 539 g/mol. The molecule has 0 radical (unpaired) electrons. The van der Waals surface area contributed by atoms with Crippen LogP contribution in [0.4, 0.5) is 26.3 Å². The Labute approximate surface area is 211 Å². The number of hydrogen-bond acceptors (Lipinski definition) is 6. The molecular formula is C25H19F6N3O4. The van der Waals surface area contributed by atoms with Crippen LogP contribution in [0.25, 0.3) is 11.1 Å². The van der Waals surface area contributed by atoms with Gasteiger partial charge >= 0.3 is 24.5 Å². The van der Waals surface area contributed by atoms with Crippen molar-refractivity contribution >= 4 is 11.9 Å². The molecular weight excluding hydrogens is 520 g/mol. The number of likely N-dealkylation sites (N-methyl/N-ethyl adjacent to an activating group) is 1. The standard InChI is InChI=1S/C25H19F6N3O4/c1-34-20(35)22(17-9-3-2-4-10-17,33-25(34,32)38-21(36)23(26,27)28)18-11-5-7-15(13-18)16-8-6-12-19(14-16)37-24(29,30)31/h2-14,33H,32H2,1H3. The van der Waals surface area contributed by atoms with Crippen LogP contribution >= 0.6 is 0 Å². The number of amides is 1. The van der Waals surface area contributed by atoms with Crippen molar-refractivity contribution in [1.82, 2.24) is 10.2 Å². The van der Waals surface area contributed by atoms with Crippen molar-refractivity contribution in [3.8, 4) is 16.9 Å². The molecule has 3 aromatic carbocycles. The average Bonchev–Trinajstić information content (AvgIpc) is 3.05. The minimum absolute atomic E-state index is 0.163. The molecule has 4 rings (SSSR count). The van der Waals surface area contributed by atoms with Crippen LogP contribution < -0.4 is 15.8 Å². The number of nitrogens with one attached hydrogen (secondary N) is 1. The number of carbonyl (C=O) groups excluding carboxylic acids is 2. The summed E-state index contributed by atoms with van der Waals surface area (Å²) in [6, 6.07) is 18.9. The summed E-state index contributed by atoms with van der Waals surface area (Å²) in [5.74, 6) is -6.65. The lowest BCUT2D eigenvalue weighted by Crippen LogP contribution is -2.64. The molecule has 0 spiro atoms. The highest BCUT2D eigenvalue weighted by Gasteiger charge is 2.62. The number of halogens is 6. The molecule has 0 saturated carbocycles. The van der Waals surface area contributed by atoms with Crippen LogP contribution in [0.5, 0.6) is 5.75 Å². The van der Waals surface area contributed by atoms with Crippen molar-refractivity contribution in [3.63, 3.8) is 0 Å².